The van der Waals surface area contributed by atoms with Crippen LogP contribution in [0.5, 0.6) is 0 Å². The molecule has 0 radical (unpaired) electrons. The number of amides is 1. The van der Waals surface area contributed by atoms with Gasteiger partial charge >= 0.3 is 0 Å². The lowest BCUT2D eigenvalue weighted by Crippen LogP contribution is -2.52. The Hall–Kier alpha value is -1.56. The zero-order valence-corrected chi connectivity index (χ0v) is 18.3. The second-order valence-electron chi connectivity index (χ2n) is 11.4. The van der Waals surface area contributed by atoms with E-state index in [1.54, 1.807) is 0 Å². The summed E-state index contributed by atoms with van der Waals surface area (Å²) in [6.45, 7) is 11.1. The van der Waals surface area contributed by atoms with Gasteiger partial charge in [0.15, 0.2) is 0 Å². The Balaban J connectivity index is 1.60. The number of nitrogens with one attached hydrogen (secondary N) is 1. The number of carbonyl (C=O) groups is 1. The van der Waals surface area contributed by atoms with Gasteiger partial charge in [0, 0.05) is 17.0 Å². The van der Waals surface area contributed by atoms with Gasteiger partial charge < -0.3 is 5.32 Å². The van der Waals surface area contributed by atoms with E-state index >= 15 is 0 Å². The van der Waals surface area contributed by atoms with Crippen molar-refractivity contribution in [1.29, 1.82) is 5.26 Å². The summed E-state index contributed by atoms with van der Waals surface area (Å²) in [5.41, 5.74) is 2.56. The lowest BCUT2D eigenvalue weighted by atomic mass is 9.48. The van der Waals surface area contributed by atoms with Crippen LogP contribution in [0.4, 0.5) is 0 Å². The number of allylic oxidation sites excluding steroid dienone is 4. The van der Waals surface area contributed by atoms with Crippen LogP contribution in [0, 0.1) is 45.8 Å². The molecule has 3 heteroatoms. The van der Waals surface area contributed by atoms with E-state index in [2.05, 4.69) is 58.2 Å². The van der Waals surface area contributed by atoms with E-state index in [0.717, 1.165) is 31.3 Å². The van der Waals surface area contributed by atoms with Crippen LogP contribution in [0.25, 0.3) is 0 Å². The molecule has 4 aliphatic rings. The van der Waals surface area contributed by atoms with E-state index < -0.39 is 0 Å². The lowest BCUT2D eigenvalue weighted by Gasteiger charge is -2.56. The maximum atomic E-state index is 13.1. The summed E-state index contributed by atoms with van der Waals surface area (Å²) in [5.74, 6) is 2.47. The first-order chi connectivity index (χ1) is 13.1. The molecule has 4 aliphatic carbocycles. The smallest absolute Gasteiger partial charge is 0.224 e. The van der Waals surface area contributed by atoms with Gasteiger partial charge in [-0.25, -0.2) is 0 Å². The summed E-state index contributed by atoms with van der Waals surface area (Å²) < 4.78 is 0. The molecule has 3 nitrogen and oxygen atoms in total. The first-order valence-electron chi connectivity index (χ1n) is 11.2. The highest BCUT2D eigenvalue weighted by molar-refractivity contribution is 5.80. The second kappa shape index (κ2) is 6.48. The first-order valence-corrected chi connectivity index (χ1v) is 11.2. The molecule has 1 amide bonds. The summed E-state index contributed by atoms with van der Waals surface area (Å²) >= 11 is 0. The van der Waals surface area contributed by atoms with Crippen molar-refractivity contribution in [2.75, 3.05) is 0 Å². The average molecular weight is 381 g/mol. The minimum Gasteiger partial charge on any atom is -0.351 e. The predicted molar refractivity (Wildman–Crippen MR) is 112 cm³/mol. The van der Waals surface area contributed by atoms with Gasteiger partial charge in [-0.15, -0.1) is 0 Å². The fraction of sp³-hybridized carbons (Fsp3) is 0.760. The molecule has 6 atom stereocenters. The topological polar surface area (TPSA) is 52.9 Å². The van der Waals surface area contributed by atoms with Crippen molar-refractivity contribution in [2.45, 2.75) is 85.1 Å². The number of carbonyl (C=O) groups excluding carboxylic acids is 1. The largest absolute Gasteiger partial charge is 0.351 e. The molecule has 4 rings (SSSR count). The molecule has 0 aromatic rings. The van der Waals surface area contributed by atoms with Crippen LogP contribution >= 0.6 is 0 Å². The Kier molecular flexibility index (Phi) is 4.57. The summed E-state index contributed by atoms with van der Waals surface area (Å²) in [7, 11) is 0. The molecule has 2 fully saturated rings. The third-order valence-electron chi connectivity index (χ3n) is 8.73. The highest BCUT2D eigenvalue weighted by Gasteiger charge is 2.59. The van der Waals surface area contributed by atoms with Crippen LogP contribution in [0.2, 0.25) is 0 Å². The monoisotopic (exact) mass is 380 g/mol. The highest BCUT2D eigenvalue weighted by Crippen LogP contribution is 2.66. The molecule has 0 aromatic carbocycles. The SMILES string of the molecule is CC(C)(C)NC(=O)C1CCC2C3CC=C4C=C(C#N)CCC4(C)C3CCC12C. The van der Waals surface area contributed by atoms with Crippen molar-refractivity contribution in [3.05, 3.63) is 23.3 Å². The fourth-order valence-electron chi connectivity index (χ4n) is 7.30. The lowest BCUT2D eigenvalue weighted by molar-refractivity contribution is -0.133. The van der Waals surface area contributed by atoms with Crippen LogP contribution in [0.3, 0.4) is 0 Å². The van der Waals surface area contributed by atoms with Crippen molar-refractivity contribution in [3.63, 3.8) is 0 Å². The Bertz CT molecular complexity index is 779. The summed E-state index contributed by atoms with van der Waals surface area (Å²) in [6, 6.07) is 2.38. The summed E-state index contributed by atoms with van der Waals surface area (Å²) in [4.78, 5) is 13.1. The Morgan fingerprint density at radius 1 is 1.18 bits per heavy atom. The maximum Gasteiger partial charge on any atom is 0.224 e. The van der Waals surface area contributed by atoms with Crippen molar-refractivity contribution >= 4 is 5.91 Å². The number of nitrogens with zero attached hydrogens (tertiary/aromatic N) is 1. The Morgan fingerprint density at radius 3 is 2.61 bits per heavy atom. The van der Waals surface area contributed by atoms with Crippen molar-refractivity contribution in [2.24, 2.45) is 34.5 Å². The molecule has 2 saturated carbocycles. The molecule has 6 unspecified atom stereocenters. The van der Waals surface area contributed by atoms with Gasteiger partial charge in [-0.1, -0.05) is 19.9 Å². The van der Waals surface area contributed by atoms with Gasteiger partial charge in [-0.2, -0.15) is 5.26 Å². The standard InChI is InChI=1S/C25H36N2O/c1-23(2,3)27-22(28)21-9-8-19-18-7-6-17-14-16(15-26)10-12-24(17,4)20(18)11-13-25(19,21)5/h6,14,18-21H,7-13H2,1-5H3,(H,27,28). The summed E-state index contributed by atoms with van der Waals surface area (Å²) in [6.07, 6.45) is 12.4. The van der Waals surface area contributed by atoms with Gasteiger partial charge in [0.1, 0.15) is 0 Å². The zero-order chi connectivity index (χ0) is 20.3. The molecule has 152 valence electrons. The molecule has 0 aromatic heterocycles. The van der Waals surface area contributed by atoms with Crippen LogP contribution in [-0.4, -0.2) is 11.4 Å². The third-order valence-corrected chi connectivity index (χ3v) is 8.73. The van der Waals surface area contributed by atoms with Gasteiger partial charge in [0.25, 0.3) is 0 Å². The van der Waals surface area contributed by atoms with Crippen molar-refractivity contribution in [3.8, 4) is 6.07 Å². The molecule has 0 heterocycles. The van der Waals surface area contributed by atoms with Crippen LogP contribution in [0.15, 0.2) is 23.3 Å². The molecular formula is C25H36N2O. The second-order valence-corrected chi connectivity index (χ2v) is 11.4. The minimum absolute atomic E-state index is 0.139. The molecular weight excluding hydrogens is 344 g/mol. The Labute approximate surface area is 170 Å². The van der Waals surface area contributed by atoms with E-state index in [1.807, 2.05) is 0 Å². The predicted octanol–water partition coefficient (Wildman–Crippen LogP) is 5.54. The van der Waals surface area contributed by atoms with E-state index in [4.69, 9.17) is 0 Å². The number of fused-ring (bicyclic) bond motifs is 5. The molecule has 0 spiro atoms. The van der Waals surface area contributed by atoms with Crippen molar-refractivity contribution < 1.29 is 4.79 Å². The van der Waals surface area contributed by atoms with E-state index in [1.165, 1.54) is 24.8 Å². The van der Waals surface area contributed by atoms with Crippen molar-refractivity contribution in [1.82, 2.24) is 5.32 Å². The first kappa shape index (κ1) is 19.7. The molecule has 28 heavy (non-hydrogen) atoms. The molecule has 0 aliphatic heterocycles. The quantitative estimate of drug-likeness (QED) is 0.649. The summed E-state index contributed by atoms with van der Waals surface area (Å²) in [5, 5.41) is 12.6. The van der Waals surface area contributed by atoms with Crippen LogP contribution < -0.4 is 5.32 Å². The zero-order valence-electron chi connectivity index (χ0n) is 18.3. The molecule has 1 N–H and O–H groups in total. The van der Waals surface area contributed by atoms with E-state index in [0.29, 0.717) is 17.8 Å². The van der Waals surface area contributed by atoms with Gasteiger partial charge in [-0.3, -0.25) is 4.79 Å². The number of rotatable bonds is 1. The van der Waals surface area contributed by atoms with Crippen LogP contribution in [0.1, 0.15) is 79.6 Å². The van der Waals surface area contributed by atoms with E-state index in [9.17, 15) is 10.1 Å². The maximum absolute atomic E-state index is 13.1. The number of nitriles is 1. The highest BCUT2D eigenvalue weighted by atomic mass is 16.2. The normalized spacial score (nSPS) is 42.3. The number of hydrogen-bond acceptors (Lipinski definition) is 2. The average Bonchev–Trinajstić information content (AvgIpc) is 2.97. The Morgan fingerprint density at radius 2 is 1.93 bits per heavy atom. The molecule has 0 saturated heterocycles. The minimum atomic E-state index is -0.161. The number of hydrogen-bond donors (Lipinski definition) is 1. The van der Waals surface area contributed by atoms with Gasteiger partial charge in [0.2, 0.25) is 5.91 Å². The third kappa shape index (κ3) is 2.95. The van der Waals surface area contributed by atoms with E-state index in [-0.39, 0.29) is 28.2 Å². The van der Waals surface area contributed by atoms with Crippen LogP contribution in [-0.2, 0) is 4.79 Å². The van der Waals surface area contributed by atoms with Gasteiger partial charge in [0.05, 0.1) is 6.07 Å². The molecule has 0 bridgehead atoms. The van der Waals surface area contributed by atoms with Gasteiger partial charge in [-0.05, 0) is 106 Å². The fourth-order valence-corrected chi connectivity index (χ4v) is 7.30.